The van der Waals surface area contributed by atoms with Crippen LogP contribution in [0.2, 0.25) is 0 Å². The Balaban J connectivity index is 1.16. The summed E-state index contributed by atoms with van der Waals surface area (Å²) in [5.74, 6) is 2.43. The van der Waals surface area contributed by atoms with Gasteiger partial charge in [-0.15, -0.1) is 11.8 Å². The SMILES string of the molecule is O=C(CSc1ccccc1C(=O)NCc1ccc([N+](=O)[O-])cc1)NC12CC3CC(CC(C3)C1)C2. The maximum atomic E-state index is 12.9. The fourth-order valence-electron chi connectivity index (χ4n) is 6.53. The van der Waals surface area contributed by atoms with E-state index >= 15 is 0 Å². The van der Waals surface area contributed by atoms with Gasteiger partial charge in [-0.2, -0.15) is 0 Å². The summed E-state index contributed by atoms with van der Waals surface area (Å²) in [6, 6.07) is 13.4. The fraction of sp³-hybridized carbons (Fsp3) is 0.462. The normalized spacial score (nSPS) is 26.8. The first-order chi connectivity index (χ1) is 16.4. The van der Waals surface area contributed by atoms with Crippen LogP contribution in [0.1, 0.15) is 54.4 Å². The van der Waals surface area contributed by atoms with Gasteiger partial charge in [-0.1, -0.05) is 24.3 Å². The predicted octanol–water partition coefficient (Wildman–Crippen LogP) is 4.70. The zero-order chi connectivity index (χ0) is 23.7. The molecule has 6 rings (SSSR count). The molecular formula is C26H29N3O4S. The summed E-state index contributed by atoms with van der Waals surface area (Å²) in [6.45, 7) is 0.266. The minimum absolute atomic E-state index is 0.00591. The molecule has 2 amide bonds. The van der Waals surface area contributed by atoms with E-state index in [1.54, 1.807) is 24.3 Å². The monoisotopic (exact) mass is 479 g/mol. The molecule has 8 heteroatoms. The highest BCUT2D eigenvalue weighted by Gasteiger charge is 2.51. The summed E-state index contributed by atoms with van der Waals surface area (Å²) >= 11 is 1.39. The van der Waals surface area contributed by atoms with E-state index in [4.69, 9.17) is 0 Å². The van der Waals surface area contributed by atoms with Gasteiger partial charge in [0.1, 0.15) is 0 Å². The zero-order valence-corrected chi connectivity index (χ0v) is 19.8. The highest BCUT2D eigenvalue weighted by molar-refractivity contribution is 8.00. The van der Waals surface area contributed by atoms with Crippen molar-refractivity contribution < 1.29 is 14.5 Å². The second kappa shape index (κ2) is 9.41. The van der Waals surface area contributed by atoms with Crippen LogP contribution >= 0.6 is 11.8 Å². The molecule has 2 N–H and O–H groups in total. The molecule has 0 aromatic heterocycles. The number of thioether (sulfide) groups is 1. The van der Waals surface area contributed by atoms with Gasteiger partial charge < -0.3 is 10.6 Å². The lowest BCUT2D eigenvalue weighted by Crippen LogP contribution is -2.60. The van der Waals surface area contributed by atoms with Crippen LogP contribution in [-0.2, 0) is 11.3 Å². The number of amides is 2. The summed E-state index contributed by atoms with van der Waals surface area (Å²) < 4.78 is 0. The number of nitro benzene ring substituents is 1. The maximum Gasteiger partial charge on any atom is 0.269 e. The second-order valence-corrected chi connectivity index (χ2v) is 11.2. The lowest BCUT2D eigenvalue weighted by molar-refractivity contribution is -0.384. The van der Waals surface area contributed by atoms with Crippen LogP contribution in [0, 0.1) is 27.9 Å². The molecule has 0 saturated heterocycles. The van der Waals surface area contributed by atoms with Crippen molar-refractivity contribution in [1.82, 2.24) is 10.6 Å². The van der Waals surface area contributed by atoms with E-state index in [9.17, 15) is 19.7 Å². The van der Waals surface area contributed by atoms with E-state index in [0.717, 1.165) is 47.5 Å². The van der Waals surface area contributed by atoms with Crippen LogP contribution in [-0.4, -0.2) is 28.0 Å². The van der Waals surface area contributed by atoms with Gasteiger partial charge in [0.25, 0.3) is 11.6 Å². The number of nitrogens with zero attached hydrogens (tertiary/aromatic N) is 1. The number of benzene rings is 2. The van der Waals surface area contributed by atoms with Crippen LogP contribution in [0.5, 0.6) is 0 Å². The summed E-state index contributed by atoms with van der Waals surface area (Å²) in [7, 11) is 0. The summed E-state index contributed by atoms with van der Waals surface area (Å²) in [6.07, 6.45) is 7.38. The Kier molecular flexibility index (Phi) is 6.34. The Morgan fingerprint density at radius 1 is 0.971 bits per heavy atom. The largest absolute Gasteiger partial charge is 0.350 e. The third kappa shape index (κ3) is 4.97. The standard InChI is InChI=1S/C26H29N3O4S/c30-24(28-26-12-18-9-19(13-26)11-20(10-18)14-26)16-34-23-4-2-1-3-22(23)25(31)27-15-17-5-7-21(8-6-17)29(32)33/h1-8,18-20H,9-16H2,(H,27,31)(H,28,30). The van der Waals surface area contributed by atoms with Crippen molar-refractivity contribution in [2.45, 2.75) is 55.5 Å². The lowest BCUT2D eigenvalue weighted by Gasteiger charge is -2.56. The van der Waals surface area contributed by atoms with E-state index in [1.807, 2.05) is 12.1 Å². The van der Waals surface area contributed by atoms with E-state index in [-0.39, 0.29) is 35.3 Å². The molecular weight excluding hydrogens is 450 g/mol. The van der Waals surface area contributed by atoms with E-state index < -0.39 is 4.92 Å². The molecule has 178 valence electrons. The van der Waals surface area contributed by atoms with Gasteiger partial charge in [0, 0.05) is 29.1 Å². The van der Waals surface area contributed by atoms with Gasteiger partial charge >= 0.3 is 0 Å². The predicted molar refractivity (Wildman–Crippen MR) is 130 cm³/mol. The molecule has 0 spiro atoms. The molecule has 4 aliphatic carbocycles. The van der Waals surface area contributed by atoms with Gasteiger partial charge in [0.2, 0.25) is 5.91 Å². The Bertz CT molecular complexity index is 1070. The summed E-state index contributed by atoms with van der Waals surface area (Å²) in [5, 5.41) is 17.1. The molecule has 4 bridgehead atoms. The van der Waals surface area contributed by atoms with Crippen molar-refractivity contribution in [1.29, 1.82) is 0 Å². The number of hydrogen-bond donors (Lipinski definition) is 2. The van der Waals surface area contributed by atoms with Crippen molar-refractivity contribution in [3.8, 4) is 0 Å². The Hall–Kier alpha value is -2.87. The number of carbonyl (C=O) groups is 2. The average molecular weight is 480 g/mol. The van der Waals surface area contributed by atoms with Crippen LogP contribution in [0.3, 0.4) is 0 Å². The third-order valence-electron chi connectivity index (χ3n) is 7.53. The van der Waals surface area contributed by atoms with Crippen molar-refractivity contribution in [3.05, 3.63) is 69.8 Å². The molecule has 0 heterocycles. The topological polar surface area (TPSA) is 101 Å². The van der Waals surface area contributed by atoms with E-state index in [2.05, 4.69) is 10.6 Å². The van der Waals surface area contributed by atoms with Crippen LogP contribution in [0.4, 0.5) is 5.69 Å². The van der Waals surface area contributed by atoms with Crippen LogP contribution in [0.25, 0.3) is 0 Å². The summed E-state index contributed by atoms with van der Waals surface area (Å²) in [5.41, 5.74) is 1.31. The van der Waals surface area contributed by atoms with Gasteiger partial charge in [-0.3, -0.25) is 19.7 Å². The number of nitro groups is 1. The lowest BCUT2D eigenvalue weighted by atomic mass is 9.53. The van der Waals surface area contributed by atoms with Gasteiger partial charge in [0.05, 0.1) is 16.2 Å². The molecule has 2 aromatic rings. The van der Waals surface area contributed by atoms with Crippen LogP contribution < -0.4 is 10.6 Å². The molecule has 0 aliphatic heterocycles. The number of hydrogen-bond acceptors (Lipinski definition) is 5. The molecule has 34 heavy (non-hydrogen) atoms. The molecule has 0 atom stereocenters. The minimum atomic E-state index is -0.449. The maximum absolute atomic E-state index is 12.9. The Morgan fingerprint density at radius 2 is 1.59 bits per heavy atom. The third-order valence-corrected chi connectivity index (χ3v) is 8.61. The molecule has 2 aromatic carbocycles. The zero-order valence-electron chi connectivity index (χ0n) is 19.0. The summed E-state index contributed by atoms with van der Waals surface area (Å²) in [4.78, 5) is 36.8. The fourth-order valence-corrected chi connectivity index (χ4v) is 7.38. The van der Waals surface area contributed by atoms with Crippen molar-refractivity contribution in [2.75, 3.05) is 5.75 Å². The van der Waals surface area contributed by atoms with E-state index in [1.165, 1.54) is 43.2 Å². The first-order valence-corrected chi connectivity index (χ1v) is 12.9. The quantitative estimate of drug-likeness (QED) is 0.325. The number of carbonyl (C=O) groups excluding carboxylic acids is 2. The van der Waals surface area contributed by atoms with Crippen LogP contribution in [0.15, 0.2) is 53.4 Å². The van der Waals surface area contributed by atoms with Crippen molar-refractivity contribution in [3.63, 3.8) is 0 Å². The van der Waals surface area contributed by atoms with Gasteiger partial charge in [-0.25, -0.2) is 0 Å². The highest BCUT2D eigenvalue weighted by Crippen LogP contribution is 2.55. The molecule has 0 unspecified atom stereocenters. The van der Waals surface area contributed by atoms with Crippen molar-refractivity contribution >= 4 is 29.3 Å². The van der Waals surface area contributed by atoms with E-state index in [0.29, 0.717) is 5.56 Å². The molecule has 4 fully saturated rings. The second-order valence-electron chi connectivity index (χ2n) is 10.1. The first-order valence-electron chi connectivity index (χ1n) is 11.9. The number of non-ortho nitro benzene ring substituents is 1. The Morgan fingerprint density at radius 3 is 2.21 bits per heavy atom. The first kappa shape index (κ1) is 22.9. The molecule has 7 nitrogen and oxygen atoms in total. The van der Waals surface area contributed by atoms with Gasteiger partial charge in [0.15, 0.2) is 0 Å². The highest BCUT2D eigenvalue weighted by atomic mass is 32.2. The van der Waals surface area contributed by atoms with Gasteiger partial charge in [-0.05, 0) is 74.0 Å². The minimum Gasteiger partial charge on any atom is -0.350 e. The Labute approximate surface area is 203 Å². The molecule has 0 radical (unpaired) electrons. The number of rotatable bonds is 8. The number of nitrogens with one attached hydrogen (secondary N) is 2. The smallest absolute Gasteiger partial charge is 0.269 e. The van der Waals surface area contributed by atoms with Crippen molar-refractivity contribution in [2.24, 2.45) is 17.8 Å². The average Bonchev–Trinajstić information content (AvgIpc) is 2.80. The molecule has 4 aliphatic rings. The molecule has 4 saturated carbocycles.